The fourth-order valence-electron chi connectivity index (χ4n) is 5.25. The minimum Gasteiger partial charge on any atom is -0.453 e. The summed E-state index contributed by atoms with van der Waals surface area (Å²) >= 11 is 6.51. The summed E-state index contributed by atoms with van der Waals surface area (Å²) in [5.74, 6) is 0.660. The van der Waals surface area contributed by atoms with Crippen LogP contribution in [0.25, 0.3) is 0 Å². The Morgan fingerprint density at radius 3 is 2.89 bits per heavy atom. The van der Waals surface area contributed by atoms with Gasteiger partial charge in [0, 0.05) is 11.8 Å². The van der Waals surface area contributed by atoms with Gasteiger partial charge in [-0.25, -0.2) is 0 Å². The van der Waals surface area contributed by atoms with Gasteiger partial charge in [-0.05, 0) is 38.0 Å². The average molecular weight is 281 g/mol. The fraction of sp³-hybridized carbons (Fsp3) is 0.800. The van der Waals surface area contributed by atoms with Crippen LogP contribution < -0.4 is 0 Å². The lowest BCUT2D eigenvalue weighted by molar-refractivity contribution is -0.147. The average Bonchev–Trinajstić information content (AvgIpc) is 3.23. The van der Waals surface area contributed by atoms with Crippen molar-refractivity contribution in [3.63, 3.8) is 0 Å². The highest BCUT2D eigenvalue weighted by molar-refractivity contribution is 6.31. The summed E-state index contributed by atoms with van der Waals surface area (Å²) in [6.45, 7) is 2.01. The van der Waals surface area contributed by atoms with E-state index in [1.807, 2.05) is 6.92 Å². The smallest absolute Gasteiger partial charge is 0.310 e. The zero-order valence-electron chi connectivity index (χ0n) is 10.9. The van der Waals surface area contributed by atoms with Gasteiger partial charge in [0.1, 0.15) is 5.60 Å². The molecule has 2 aliphatic heterocycles. The van der Waals surface area contributed by atoms with Crippen LogP contribution in [0.5, 0.6) is 0 Å². The van der Waals surface area contributed by atoms with Gasteiger partial charge in [-0.15, -0.1) is 0 Å². The minimum atomic E-state index is -0.571. The molecule has 2 saturated carbocycles. The quantitative estimate of drug-likeness (QED) is 0.506. The number of epoxide rings is 1. The summed E-state index contributed by atoms with van der Waals surface area (Å²) < 4.78 is 11.6. The Kier molecular flexibility index (Phi) is 1.78. The van der Waals surface area contributed by atoms with E-state index >= 15 is 0 Å². The summed E-state index contributed by atoms with van der Waals surface area (Å²) in [6, 6.07) is 0. The SMILES string of the molecule is C[C@]12OC(=O)[C@@H]3CCC4OC4C(C=C1Cl)C1(CC1)C32. The van der Waals surface area contributed by atoms with E-state index in [2.05, 4.69) is 6.08 Å². The summed E-state index contributed by atoms with van der Waals surface area (Å²) in [6.07, 6.45) is 7.13. The molecule has 2 saturated heterocycles. The highest BCUT2D eigenvalue weighted by Gasteiger charge is 2.74. The van der Waals surface area contributed by atoms with Crippen LogP contribution >= 0.6 is 11.6 Å². The Labute approximate surface area is 117 Å². The van der Waals surface area contributed by atoms with Crippen molar-refractivity contribution in [3.8, 4) is 0 Å². The lowest BCUT2D eigenvalue weighted by Crippen LogP contribution is -2.48. The van der Waals surface area contributed by atoms with E-state index in [-0.39, 0.29) is 23.2 Å². The molecule has 0 aromatic rings. The van der Waals surface area contributed by atoms with Crippen molar-refractivity contribution in [3.05, 3.63) is 11.1 Å². The molecule has 4 heteroatoms. The number of hydrogen-bond donors (Lipinski definition) is 0. The van der Waals surface area contributed by atoms with Crippen LogP contribution in [0.15, 0.2) is 11.1 Å². The molecule has 0 aromatic heterocycles. The van der Waals surface area contributed by atoms with E-state index < -0.39 is 5.60 Å². The topological polar surface area (TPSA) is 38.8 Å². The third-order valence-electron chi connectivity index (χ3n) is 6.26. The summed E-state index contributed by atoms with van der Waals surface area (Å²) in [7, 11) is 0. The van der Waals surface area contributed by atoms with E-state index in [4.69, 9.17) is 21.1 Å². The zero-order chi connectivity index (χ0) is 13.0. The molecule has 4 fully saturated rings. The van der Waals surface area contributed by atoms with Gasteiger partial charge in [-0.2, -0.15) is 0 Å². The standard InChI is InChI=1S/C15H17ClO3/c1-14-10(16)6-8-11-9(18-11)3-2-7(13(17)19-14)12(14)15(8)4-5-15/h6-9,11-12H,2-5H2,1H3/t7-,8?,9?,11?,12?,14+/m1/s1. The third-order valence-corrected chi connectivity index (χ3v) is 6.76. The second kappa shape index (κ2) is 3.04. The number of carbonyl (C=O) groups excluding carboxylic acids is 1. The van der Waals surface area contributed by atoms with Crippen molar-refractivity contribution in [2.45, 2.75) is 50.4 Å². The first-order valence-electron chi connectivity index (χ1n) is 7.32. The Morgan fingerprint density at radius 1 is 1.37 bits per heavy atom. The number of ether oxygens (including phenoxy) is 2. The van der Waals surface area contributed by atoms with Crippen LogP contribution in [-0.4, -0.2) is 23.8 Å². The molecule has 4 unspecified atom stereocenters. The van der Waals surface area contributed by atoms with Crippen molar-refractivity contribution >= 4 is 17.6 Å². The highest BCUT2D eigenvalue weighted by atomic mass is 35.5. The number of rotatable bonds is 0. The number of halogens is 1. The second-order valence-corrected chi connectivity index (χ2v) is 7.51. The normalized spacial score (nSPS) is 55.8. The monoisotopic (exact) mass is 280 g/mol. The van der Waals surface area contributed by atoms with Crippen molar-refractivity contribution in [2.24, 2.45) is 23.2 Å². The Balaban J connectivity index is 1.73. The predicted octanol–water partition coefficient (Wildman–Crippen LogP) is 2.63. The first kappa shape index (κ1) is 11.2. The molecule has 5 aliphatic rings. The maximum absolute atomic E-state index is 12.3. The first-order chi connectivity index (χ1) is 9.06. The van der Waals surface area contributed by atoms with Crippen LogP contribution in [0.2, 0.25) is 0 Å². The zero-order valence-corrected chi connectivity index (χ0v) is 11.7. The van der Waals surface area contributed by atoms with Gasteiger partial charge in [-0.1, -0.05) is 17.7 Å². The minimum absolute atomic E-state index is 0.0302. The molecular formula is C15H17ClO3. The summed E-state index contributed by atoms with van der Waals surface area (Å²) in [4.78, 5) is 12.3. The molecular weight excluding hydrogens is 264 g/mol. The van der Waals surface area contributed by atoms with Crippen LogP contribution in [-0.2, 0) is 14.3 Å². The molecule has 19 heavy (non-hydrogen) atoms. The largest absolute Gasteiger partial charge is 0.453 e. The van der Waals surface area contributed by atoms with Crippen LogP contribution in [0.3, 0.4) is 0 Å². The maximum Gasteiger partial charge on any atom is 0.310 e. The van der Waals surface area contributed by atoms with Gasteiger partial charge in [0.05, 0.1) is 23.2 Å². The molecule has 2 heterocycles. The van der Waals surface area contributed by atoms with E-state index in [0.29, 0.717) is 18.1 Å². The molecule has 0 N–H and O–H groups in total. The first-order valence-corrected chi connectivity index (χ1v) is 7.70. The number of carbonyl (C=O) groups is 1. The molecule has 3 aliphatic carbocycles. The Morgan fingerprint density at radius 2 is 2.16 bits per heavy atom. The van der Waals surface area contributed by atoms with Gasteiger partial charge in [0.2, 0.25) is 0 Å². The maximum atomic E-state index is 12.3. The van der Waals surface area contributed by atoms with Crippen molar-refractivity contribution in [2.75, 3.05) is 0 Å². The lowest BCUT2D eigenvalue weighted by Gasteiger charge is -2.44. The van der Waals surface area contributed by atoms with Gasteiger partial charge in [0.15, 0.2) is 0 Å². The van der Waals surface area contributed by atoms with Gasteiger partial charge in [-0.3, -0.25) is 4.79 Å². The molecule has 3 nitrogen and oxygen atoms in total. The van der Waals surface area contributed by atoms with Gasteiger partial charge < -0.3 is 9.47 Å². The predicted molar refractivity (Wildman–Crippen MR) is 68.5 cm³/mol. The van der Waals surface area contributed by atoms with Crippen LogP contribution in [0, 0.1) is 23.2 Å². The third kappa shape index (κ3) is 1.14. The van der Waals surface area contributed by atoms with Gasteiger partial charge in [0.25, 0.3) is 0 Å². The highest BCUT2D eigenvalue weighted by Crippen LogP contribution is 2.72. The fourth-order valence-corrected chi connectivity index (χ4v) is 5.55. The van der Waals surface area contributed by atoms with Crippen molar-refractivity contribution < 1.29 is 14.3 Å². The number of hydrogen-bond acceptors (Lipinski definition) is 3. The summed E-state index contributed by atoms with van der Waals surface area (Å²) in [5.41, 5.74) is -0.345. The van der Waals surface area contributed by atoms with E-state index in [0.717, 1.165) is 17.9 Å². The molecule has 0 aromatic carbocycles. The van der Waals surface area contributed by atoms with Crippen molar-refractivity contribution in [1.29, 1.82) is 0 Å². The van der Waals surface area contributed by atoms with Crippen molar-refractivity contribution in [1.82, 2.24) is 0 Å². The number of fused-ring (bicyclic) bond motifs is 2. The van der Waals surface area contributed by atoms with E-state index in [1.54, 1.807) is 0 Å². The van der Waals surface area contributed by atoms with Crippen LogP contribution in [0.1, 0.15) is 32.6 Å². The molecule has 102 valence electrons. The van der Waals surface area contributed by atoms with Gasteiger partial charge >= 0.3 is 5.97 Å². The van der Waals surface area contributed by atoms with E-state index in [9.17, 15) is 4.79 Å². The molecule has 5 rings (SSSR count). The summed E-state index contributed by atoms with van der Waals surface area (Å²) in [5, 5.41) is 0.729. The Hall–Kier alpha value is -0.540. The number of esters is 1. The lowest BCUT2D eigenvalue weighted by atomic mass is 9.59. The van der Waals surface area contributed by atoms with Crippen LogP contribution in [0.4, 0.5) is 0 Å². The van der Waals surface area contributed by atoms with E-state index in [1.165, 1.54) is 12.8 Å². The molecule has 2 bridgehead atoms. The molecule has 0 radical (unpaired) electrons. The second-order valence-electron chi connectivity index (χ2n) is 7.10. The molecule has 1 spiro atoms. The molecule has 0 amide bonds. The Bertz CT molecular complexity index is 523. The molecule has 6 atom stereocenters.